The Labute approximate surface area is 114 Å². The minimum Gasteiger partial charge on any atom is -0.463 e. The average Bonchev–Trinajstić information content (AvgIpc) is 2.90. The van der Waals surface area contributed by atoms with Crippen molar-refractivity contribution in [2.24, 2.45) is 0 Å². The second-order valence-electron chi connectivity index (χ2n) is 4.12. The number of halogens is 2. The molecule has 0 aliphatic rings. The van der Waals surface area contributed by atoms with Crippen LogP contribution < -0.4 is 5.32 Å². The highest BCUT2D eigenvalue weighted by atomic mass is 19.2. The summed E-state index contributed by atoms with van der Waals surface area (Å²) in [5, 5.41) is 3.01. The van der Waals surface area contributed by atoms with Gasteiger partial charge < -0.3 is 14.5 Å². The van der Waals surface area contributed by atoms with Crippen molar-refractivity contribution in [1.82, 2.24) is 5.32 Å². The number of hydrogen-bond donors (Lipinski definition) is 1. The quantitative estimate of drug-likeness (QED) is 0.856. The molecule has 1 N–H and O–H groups in total. The second kappa shape index (κ2) is 6.29. The van der Waals surface area contributed by atoms with Crippen LogP contribution >= 0.6 is 0 Å². The normalized spacial score (nSPS) is 10.6. The van der Waals surface area contributed by atoms with Crippen molar-refractivity contribution in [2.45, 2.75) is 13.1 Å². The summed E-state index contributed by atoms with van der Waals surface area (Å²) in [4.78, 5) is 11.4. The third-order valence-electron chi connectivity index (χ3n) is 2.75. The van der Waals surface area contributed by atoms with Crippen molar-refractivity contribution in [3.63, 3.8) is 0 Å². The predicted molar refractivity (Wildman–Crippen MR) is 66.9 cm³/mol. The second-order valence-corrected chi connectivity index (χ2v) is 4.12. The Hall–Kier alpha value is -2.21. The zero-order valence-corrected chi connectivity index (χ0v) is 10.8. The van der Waals surface area contributed by atoms with Gasteiger partial charge in [-0.3, -0.25) is 0 Å². The molecular weight excluding hydrogens is 268 g/mol. The van der Waals surface area contributed by atoms with E-state index in [-0.39, 0.29) is 5.76 Å². The van der Waals surface area contributed by atoms with Crippen molar-refractivity contribution in [3.05, 3.63) is 59.1 Å². The first-order chi connectivity index (χ1) is 9.61. The summed E-state index contributed by atoms with van der Waals surface area (Å²) in [6.07, 6.45) is 1.39. The van der Waals surface area contributed by atoms with Gasteiger partial charge in [0.1, 0.15) is 0 Å². The summed E-state index contributed by atoms with van der Waals surface area (Å²) in [6, 6.07) is 5.33. The highest BCUT2D eigenvalue weighted by Crippen LogP contribution is 2.12. The van der Waals surface area contributed by atoms with Crippen LogP contribution in [0.4, 0.5) is 8.78 Å². The molecule has 0 fully saturated rings. The maximum atomic E-state index is 13.0. The summed E-state index contributed by atoms with van der Waals surface area (Å²) in [5.41, 5.74) is 1.24. The van der Waals surface area contributed by atoms with Crippen LogP contribution in [0.5, 0.6) is 0 Å². The lowest BCUT2D eigenvalue weighted by atomic mass is 10.2. The van der Waals surface area contributed by atoms with Gasteiger partial charge in [-0.15, -0.1) is 0 Å². The first kappa shape index (κ1) is 14.2. The van der Waals surface area contributed by atoms with Crippen LogP contribution in [-0.4, -0.2) is 13.1 Å². The number of furan rings is 1. The van der Waals surface area contributed by atoms with Crippen molar-refractivity contribution in [2.75, 3.05) is 7.11 Å². The molecule has 0 bridgehead atoms. The van der Waals surface area contributed by atoms with E-state index in [0.717, 1.165) is 12.1 Å². The number of methoxy groups -OCH3 is 1. The fourth-order valence-electron chi connectivity index (χ4n) is 1.74. The predicted octanol–water partition coefficient (Wildman–Crippen LogP) is 2.63. The van der Waals surface area contributed by atoms with E-state index in [4.69, 9.17) is 4.42 Å². The lowest BCUT2D eigenvalue weighted by molar-refractivity contribution is 0.0563. The summed E-state index contributed by atoms with van der Waals surface area (Å²) in [7, 11) is 1.27. The maximum Gasteiger partial charge on any atom is 0.374 e. The zero-order valence-electron chi connectivity index (χ0n) is 10.8. The van der Waals surface area contributed by atoms with Gasteiger partial charge in [0.2, 0.25) is 5.76 Å². The largest absolute Gasteiger partial charge is 0.463 e. The van der Waals surface area contributed by atoms with Gasteiger partial charge in [0.25, 0.3) is 0 Å². The molecular formula is C14H13F2NO3. The molecule has 0 unspecified atom stereocenters. The molecule has 0 atom stereocenters. The molecule has 4 nitrogen and oxygen atoms in total. The third kappa shape index (κ3) is 3.21. The first-order valence-corrected chi connectivity index (χ1v) is 5.91. The monoisotopic (exact) mass is 281 g/mol. The fraction of sp³-hybridized carbons (Fsp3) is 0.214. The van der Waals surface area contributed by atoms with Gasteiger partial charge in [-0.2, -0.15) is 0 Å². The number of ether oxygens (including phenoxy) is 1. The van der Waals surface area contributed by atoms with E-state index in [1.807, 2.05) is 0 Å². The molecule has 1 aromatic carbocycles. The molecule has 2 rings (SSSR count). The van der Waals surface area contributed by atoms with E-state index in [1.54, 1.807) is 6.07 Å². The van der Waals surface area contributed by atoms with Crippen LogP contribution in [0.2, 0.25) is 0 Å². The molecule has 1 heterocycles. The summed E-state index contributed by atoms with van der Waals surface area (Å²) in [6.45, 7) is 0.683. The summed E-state index contributed by atoms with van der Waals surface area (Å²) < 4.78 is 35.4. The minimum atomic E-state index is -0.886. The third-order valence-corrected chi connectivity index (χ3v) is 2.75. The van der Waals surface area contributed by atoms with E-state index in [1.165, 1.54) is 19.4 Å². The van der Waals surface area contributed by atoms with Crippen molar-refractivity contribution in [1.29, 1.82) is 0 Å². The average molecular weight is 281 g/mol. The molecule has 0 spiro atoms. The lowest BCUT2D eigenvalue weighted by Gasteiger charge is -2.05. The number of benzene rings is 1. The number of rotatable bonds is 5. The number of esters is 1. The van der Waals surface area contributed by atoms with Crippen LogP contribution in [0, 0.1) is 11.6 Å². The van der Waals surface area contributed by atoms with E-state index < -0.39 is 17.6 Å². The molecule has 0 amide bonds. The molecule has 0 aliphatic carbocycles. The van der Waals surface area contributed by atoms with Gasteiger partial charge in [-0.05, 0) is 23.8 Å². The SMILES string of the molecule is COC(=O)c1occc1CNCc1ccc(F)c(F)c1. The highest BCUT2D eigenvalue weighted by Gasteiger charge is 2.15. The first-order valence-electron chi connectivity index (χ1n) is 5.91. The standard InChI is InChI=1S/C14H13F2NO3/c1-19-14(18)13-10(4-5-20-13)8-17-7-9-2-3-11(15)12(16)6-9/h2-6,17H,7-8H2,1H3. The Bertz CT molecular complexity index is 610. The minimum absolute atomic E-state index is 0.130. The molecule has 20 heavy (non-hydrogen) atoms. The molecule has 0 saturated carbocycles. The van der Waals surface area contributed by atoms with E-state index in [2.05, 4.69) is 10.1 Å². The van der Waals surface area contributed by atoms with Crippen LogP contribution in [0.1, 0.15) is 21.7 Å². The molecule has 106 valence electrons. The Morgan fingerprint density at radius 2 is 2.05 bits per heavy atom. The van der Waals surface area contributed by atoms with Crippen LogP contribution in [0.3, 0.4) is 0 Å². The lowest BCUT2D eigenvalue weighted by Crippen LogP contribution is -2.15. The smallest absolute Gasteiger partial charge is 0.374 e. The molecule has 0 saturated heterocycles. The summed E-state index contributed by atoms with van der Waals surface area (Å²) >= 11 is 0. The Balaban J connectivity index is 1.94. The Morgan fingerprint density at radius 3 is 2.75 bits per heavy atom. The zero-order chi connectivity index (χ0) is 14.5. The van der Waals surface area contributed by atoms with Crippen LogP contribution in [0.25, 0.3) is 0 Å². The van der Waals surface area contributed by atoms with E-state index >= 15 is 0 Å². The van der Waals surface area contributed by atoms with Gasteiger partial charge in [-0.1, -0.05) is 6.07 Å². The Kier molecular flexibility index (Phi) is 4.47. The Morgan fingerprint density at radius 1 is 1.25 bits per heavy atom. The number of carbonyl (C=O) groups excluding carboxylic acids is 1. The van der Waals surface area contributed by atoms with Crippen molar-refractivity contribution < 1.29 is 22.7 Å². The topological polar surface area (TPSA) is 51.5 Å². The number of hydrogen-bond acceptors (Lipinski definition) is 4. The molecule has 1 aromatic heterocycles. The van der Waals surface area contributed by atoms with E-state index in [9.17, 15) is 13.6 Å². The molecule has 0 radical (unpaired) electrons. The number of carbonyl (C=O) groups is 1. The van der Waals surface area contributed by atoms with Gasteiger partial charge in [0.15, 0.2) is 11.6 Å². The molecule has 2 aromatic rings. The van der Waals surface area contributed by atoms with Gasteiger partial charge >= 0.3 is 5.97 Å². The fourth-order valence-corrected chi connectivity index (χ4v) is 1.74. The van der Waals surface area contributed by atoms with Crippen LogP contribution in [-0.2, 0) is 17.8 Å². The summed E-state index contributed by atoms with van der Waals surface area (Å²) in [5.74, 6) is -2.19. The van der Waals surface area contributed by atoms with Gasteiger partial charge in [0, 0.05) is 18.7 Å². The molecule has 6 heteroatoms. The number of nitrogens with one attached hydrogen (secondary N) is 1. The van der Waals surface area contributed by atoms with Gasteiger partial charge in [-0.25, -0.2) is 13.6 Å². The van der Waals surface area contributed by atoms with Crippen LogP contribution in [0.15, 0.2) is 34.9 Å². The highest BCUT2D eigenvalue weighted by molar-refractivity contribution is 5.87. The maximum absolute atomic E-state index is 13.0. The van der Waals surface area contributed by atoms with Gasteiger partial charge in [0.05, 0.1) is 13.4 Å². The molecule has 0 aliphatic heterocycles. The van der Waals surface area contributed by atoms with E-state index in [0.29, 0.717) is 24.2 Å². The van der Waals surface area contributed by atoms with Crippen molar-refractivity contribution in [3.8, 4) is 0 Å². The van der Waals surface area contributed by atoms with Crippen molar-refractivity contribution >= 4 is 5.97 Å².